The van der Waals surface area contributed by atoms with Crippen LogP contribution >= 0.6 is 0 Å². The highest BCUT2D eigenvalue weighted by molar-refractivity contribution is 7.88. The van der Waals surface area contributed by atoms with Crippen molar-refractivity contribution in [3.05, 3.63) is 0 Å². The fourth-order valence-electron chi connectivity index (χ4n) is 2.06. The van der Waals surface area contributed by atoms with E-state index >= 15 is 0 Å². The van der Waals surface area contributed by atoms with Crippen LogP contribution in [0.15, 0.2) is 0 Å². The van der Waals surface area contributed by atoms with Crippen molar-refractivity contribution >= 4 is 15.8 Å². The molecule has 0 bridgehead atoms. The molecule has 0 spiro atoms. The van der Waals surface area contributed by atoms with E-state index in [1.807, 2.05) is 20.8 Å². The molecule has 16 heavy (non-hydrogen) atoms. The third-order valence-electron chi connectivity index (χ3n) is 3.03. The number of rotatable bonds is 2. The summed E-state index contributed by atoms with van der Waals surface area (Å²) in [6, 6.07) is 0. The molecule has 1 fully saturated rings. The SMILES string of the molecule is CC(C)(C)C(=O)C1CCN(S(C)(=O)=O)CC1. The zero-order valence-corrected chi connectivity index (χ0v) is 11.3. The van der Waals surface area contributed by atoms with Crippen LogP contribution in [0, 0.1) is 11.3 Å². The topological polar surface area (TPSA) is 54.5 Å². The van der Waals surface area contributed by atoms with Crippen LogP contribution in [0.25, 0.3) is 0 Å². The molecule has 94 valence electrons. The highest BCUT2D eigenvalue weighted by Gasteiger charge is 2.33. The minimum absolute atomic E-state index is 0.0259. The average Bonchev–Trinajstić information content (AvgIpc) is 2.14. The smallest absolute Gasteiger partial charge is 0.211 e. The quantitative estimate of drug-likeness (QED) is 0.738. The molecule has 0 unspecified atom stereocenters. The Balaban J connectivity index is 2.60. The molecule has 1 aliphatic heterocycles. The number of sulfonamides is 1. The molecule has 0 aromatic carbocycles. The first-order valence-corrected chi connectivity index (χ1v) is 7.46. The van der Waals surface area contributed by atoms with E-state index in [2.05, 4.69) is 0 Å². The number of hydrogen-bond acceptors (Lipinski definition) is 3. The molecule has 0 N–H and O–H groups in total. The van der Waals surface area contributed by atoms with E-state index in [0.29, 0.717) is 25.9 Å². The van der Waals surface area contributed by atoms with Crippen molar-refractivity contribution in [1.29, 1.82) is 0 Å². The third-order valence-corrected chi connectivity index (χ3v) is 4.34. The number of carbonyl (C=O) groups excluding carboxylic acids is 1. The van der Waals surface area contributed by atoms with Gasteiger partial charge in [0.25, 0.3) is 0 Å². The zero-order chi connectivity index (χ0) is 12.6. The first-order valence-electron chi connectivity index (χ1n) is 5.62. The second-order valence-electron chi connectivity index (χ2n) is 5.55. The molecule has 0 aromatic heterocycles. The van der Waals surface area contributed by atoms with Crippen molar-refractivity contribution in [2.45, 2.75) is 33.6 Å². The van der Waals surface area contributed by atoms with E-state index in [9.17, 15) is 13.2 Å². The van der Waals surface area contributed by atoms with Gasteiger partial charge in [0.15, 0.2) is 0 Å². The molecule has 4 nitrogen and oxygen atoms in total. The van der Waals surface area contributed by atoms with Gasteiger partial charge in [-0.2, -0.15) is 0 Å². The average molecular weight is 247 g/mol. The normalized spacial score (nSPS) is 21.0. The van der Waals surface area contributed by atoms with Gasteiger partial charge in [-0.25, -0.2) is 12.7 Å². The summed E-state index contributed by atoms with van der Waals surface area (Å²) in [6.07, 6.45) is 2.53. The Labute approximate surface area is 98.1 Å². The standard InChI is InChI=1S/C11H21NO3S/c1-11(2,3)10(13)9-5-7-12(8-6-9)16(4,14)15/h9H,5-8H2,1-4H3. The van der Waals surface area contributed by atoms with Crippen molar-refractivity contribution < 1.29 is 13.2 Å². The fourth-order valence-corrected chi connectivity index (χ4v) is 2.94. The minimum atomic E-state index is -3.09. The molecule has 1 saturated heterocycles. The molecule has 1 heterocycles. The van der Waals surface area contributed by atoms with E-state index in [-0.39, 0.29) is 17.1 Å². The van der Waals surface area contributed by atoms with Crippen molar-refractivity contribution in [1.82, 2.24) is 4.31 Å². The van der Waals surface area contributed by atoms with Crippen molar-refractivity contribution in [2.24, 2.45) is 11.3 Å². The van der Waals surface area contributed by atoms with Gasteiger partial charge in [-0.1, -0.05) is 20.8 Å². The number of hydrogen-bond donors (Lipinski definition) is 0. The first kappa shape index (κ1) is 13.6. The maximum atomic E-state index is 12.0. The number of ketones is 1. The van der Waals surface area contributed by atoms with E-state index in [4.69, 9.17) is 0 Å². The summed E-state index contributed by atoms with van der Waals surface area (Å²) >= 11 is 0. The lowest BCUT2D eigenvalue weighted by molar-refractivity contribution is -0.131. The summed E-state index contributed by atoms with van der Waals surface area (Å²) < 4.78 is 24.1. The van der Waals surface area contributed by atoms with Gasteiger partial charge >= 0.3 is 0 Å². The van der Waals surface area contributed by atoms with Gasteiger partial charge < -0.3 is 0 Å². The molecular weight excluding hydrogens is 226 g/mol. The van der Waals surface area contributed by atoms with E-state index in [1.165, 1.54) is 10.6 Å². The molecule has 0 aromatic rings. The number of carbonyl (C=O) groups is 1. The van der Waals surface area contributed by atoms with Crippen LogP contribution in [-0.4, -0.2) is 37.9 Å². The van der Waals surface area contributed by atoms with Crippen LogP contribution in [0.2, 0.25) is 0 Å². The summed E-state index contributed by atoms with van der Waals surface area (Å²) in [6.45, 7) is 6.70. The van der Waals surface area contributed by atoms with Crippen molar-refractivity contribution in [3.63, 3.8) is 0 Å². The molecular formula is C11H21NO3S. The van der Waals surface area contributed by atoms with Gasteiger partial charge in [0.05, 0.1) is 6.26 Å². The van der Waals surface area contributed by atoms with Gasteiger partial charge in [0.2, 0.25) is 10.0 Å². The van der Waals surface area contributed by atoms with E-state index in [1.54, 1.807) is 0 Å². The largest absolute Gasteiger partial charge is 0.299 e. The summed E-state index contributed by atoms with van der Waals surface area (Å²) in [4.78, 5) is 12.0. The van der Waals surface area contributed by atoms with Crippen molar-refractivity contribution in [3.8, 4) is 0 Å². The maximum absolute atomic E-state index is 12.0. The second kappa shape index (κ2) is 4.45. The number of piperidine rings is 1. The van der Waals surface area contributed by atoms with E-state index < -0.39 is 10.0 Å². The highest BCUT2D eigenvalue weighted by Crippen LogP contribution is 2.28. The van der Waals surface area contributed by atoms with Gasteiger partial charge in [-0.05, 0) is 12.8 Å². The Morgan fingerprint density at radius 1 is 1.19 bits per heavy atom. The molecule has 0 amide bonds. The zero-order valence-electron chi connectivity index (χ0n) is 10.5. The van der Waals surface area contributed by atoms with Crippen LogP contribution in [-0.2, 0) is 14.8 Å². The molecule has 0 radical (unpaired) electrons. The van der Waals surface area contributed by atoms with Gasteiger partial charge in [0.1, 0.15) is 5.78 Å². The van der Waals surface area contributed by atoms with Crippen LogP contribution in [0.5, 0.6) is 0 Å². The second-order valence-corrected chi connectivity index (χ2v) is 7.53. The molecule has 5 heteroatoms. The summed E-state index contributed by atoms with van der Waals surface area (Å²) in [5.74, 6) is 0.277. The number of nitrogens with zero attached hydrogens (tertiary/aromatic N) is 1. The Hall–Kier alpha value is -0.420. The Kier molecular flexibility index (Phi) is 3.80. The van der Waals surface area contributed by atoms with Crippen LogP contribution in [0.1, 0.15) is 33.6 Å². The predicted octanol–water partition coefficient (Wildman–Crippen LogP) is 1.27. The Morgan fingerprint density at radius 2 is 1.62 bits per heavy atom. The Bertz CT molecular complexity index is 359. The number of Topliss-reactive ketones (excluding diaryl/α,β-unsaturated/α-hetero) is 1. The monoisotopic (exact) mass is 247 g/mol. The van der Waals surface area contributed by atoms with Crippen LogP contribution in [0.3, 0.4) is 0 Å². The van der Waals surface area contributed by atoms with Gasteiger partial charge in [-0.15, -0.1) is 0 Å². The van der Waals surface area contributed by atoms with Crippen molar-refractivity contribution in [2.75, 3.05) is 19.3 Å². The lowest BCUT2D eigenvalue weighted by atomic mass is 9.79. The third kappa shape index (κ3) is 3.28. The minimum Gasteiger partial charge on any atom is -0.299 e. The van der Waals surface area contributed by atoms with Crippen LogP contribution in [0.4, 0.5) is 0 Å². The van der Waals surface area contributed by atoms with Gasteiger partial charge in [-0.3, -0.25) is 4.79 Å². The summed E-state index contributed by atoms with van der Waals surface area (Å²) in [5, 5.41) is 0. The molecule has 0 atom stereocenters. The first-order chi connectivity index (χ1) is 7.12. The van der Waals surface area contributed by atoms with Gasteiger partial charge in [0, 0.05) is 24.4 Å². The summed E-state index contributed by atoms with van der Waals surface area (Å²) in [7, 11) is -3.09. The molecule has 0 aliphatic carbocycles. The molecule has 1 aliphatic rings. The summed E-state index contributed by atoms with van der Waals surface area (Å²) in [5.41, 5.74) is -0.322. The highest BCUT2D eigenvalue weighted by atomic mass is 32.2. The predicted molar refractivity (Wildman–Crippen MR) is 63.6 cm³/mol. The van der Waals surface area contributed by atoms with E-state index in [0.717, 1.165) is 0 Å². The maximum Gasteiger partial charge on any atom is 0.211 e. The Morgan fingerprint density at radius 3 is 1.94 bits per heavy atom. The molecule has 0 saturated carbocycles. The molecule has 1 rings (SSSR count). The lowest BCUT2D eigenvalue weighted by Gasteiger charge is -2.32. The fraction of sp³-hybridized carbons (Fsp3) is 0.909. The lowest BCUT2D eigenvalue weighted by Crippen LogP contribution is -2.41. The van der Waals surface area contributed by atoms with Crippen LogP contribution < -0.4 is 0 Å².